The van der Waals surface area contributed by atoms with Crippen LogP contribution in [0.4, 0.5) is 0 Å². The highest BCUT2D eigenvalue weighted by atomic mass is 16.5. The second-order valence-electron chi connectivity index (χ2n) is 6.81. The predicted molar refractivity (Wildman–Crippen MR) is 112 cm³/mol. The first kappa shape index (κ1) is 24.6. The van der Waals surface area contributed by atoms with Crippen molar-refractivity contribution >= 4 is 11.9 Å². The van der Waals surface area contributed by atoms with Crippen molar-refractivity contribution in [3.8, 4) is 17.2 Å². The summed E-state index contributed by atoms with van der Waals surface area (Å²) >= 11 is 0. The molecule has 0 aliphatic rings. The van der Waals surface area contributed by atoms with Crippen molar-refractivity contribution in [3.05, 3.63) is 17.7 Å². The number of ether oxygens (including phenoxy) is 3. The van der Waals surface area contributed by atoms with Crippen LogP contribution >= 0.6 is 0 Å². The summed E-state index contributed by atoms with van der Waals surface area (Å²) in [7, 11) is 0. The highest BCUT2D eigenvalue weighted by Gasteiger charge is 2.18. The fourth-order valence-corrected chi connectivity index (χ4v) is 2.57. The molecule has 0 aliphatic heterocycles. The van der Waals surface area contributed by atoms with Gasteiger partial charge in [-0.2, -0.15) is 0 Å². The maximum Gasteiger partial charge on any atom is 0.303 e. The number of carbonyl (C=O) groups excluding carboxylic acids is 1. The molecule has 1 aromatic rings. The summed E-state index contributed by atoms with van der Waals surface area (Å²) in [6.07, 6.45) is 4.78. The SMILES string of the molecule is CCCOc1cc(C(=O)NCCCCCC(=O)O)cc(OCCC)c1OCCC. The molecule has 7 heteroatoms. The summed E-state index contributed by atoms with van der Waals surface area (Å²) in [5.74, 6) is 0.562. The number of carbonyl (C=O) groups is 2. The molecule has 0 heterocycles. The average Bonchev–Trinajstić information content (AvgIpc) is 2.71. The van der Waals surface area contributed by atoms with Crippen LogP contribution in [0.2, 0.25) is 0 Å². The van der Waals surface area contributed by atoms with E-state index >= 15 is 0 Å². The number of amides is 1. The normalized spacial score (nSPS) is 10.4. The maximum atomic E-state index is 12.6. The van der Waals surface area contributed by atoms with Crippen molar-refractivity contribution in [2.24, 2.45) is 0 Å². The Morgan fingerprint density at radius 3 is 1.93 bits per heavy atom. The van der Waals surface area contributed by atoms with Crippen LogP contribution in [0.5, 0.6) is 17.2 Å². The number of benzene rings is 1. The second kappa shape index (κ2) is 14.5. The fraction of sp³-hybridized carbons (Fsp3) is 0.636. The molecule has 0 saturated carbocycles. The number of carboxylic acids is 1. The summed E-state index contributed by atoms with van der Waals surface area (Å²) in [6.45, 7) is 8.12. The van der Waals surface area contributed by atoms with Gasteiger partial charge in [0, 0.05) is 18.5 Å². The molecule has 0 unspecified atom stereocenters. The van der Waals surface area contributed by atoms with Gasteiger partial charge in [0.05, 0.1) is 19.8 Å². The number of carboxylic acid groups (broad SMARTS) is 1. The first-order valence-electron chi connectivity index (χ1n) is 10.6. The van der Waals surface area contributed by atoms with Gasteiger partial charge in [-0.05, 0) is 44.2 Å². The van der Waals surface area contributed by atoms with E-state index in [0.29, 0.717) is 55.6 Å². The number of hydrogen-bond donors (Lipinski definition) is 2. The van der Waals surface area contributed by atoms with Gasteiger partial charge < -0.3 is 24.6 Å². The zero-order chi connectivity index (χ0) is 21.5. The lowest BCUT2D eigenvalue weighted by Crippen LogP contribution is -2.24. The maximum absolute atomic E-state index is 12.6. The van der Waals surface area contributed by atoms with Gasteiger partial charge in [0.15, 0.2) is 11.5 Å². The van der Waals surface area contributed by atoms with Crippen LogP contribution in [0.25, 0.3) is 0 Å². The summed E-state index contributed by atoms with van der Waals surface area (Å²) in [6, 6.07) is 3.39. The second-order valence-corrected chi connectivity index (χ2v) is 6.81. The monoisotopic (exact) mass is 409 g/mol. The van der Waals surface area contributed by atoms with Crippen LogP contribution in [-0.4, -0.2) is 43.3 Å². The molecule has 164 valence electrons. The zero-order valence-electron chi connectivity index (χ0n) is 17.9. The minimum Gasteiger partial charge on any atom is -0.490 e. The van der Waals surface area contributed by atoms with Crippen molar-refractivity contribution in [1.29, 1.82) is 0 Å². The number of aliphatic carboxylic acids is 1. The van der Waals surface area contributed by atoms with E-state index in [1.54, 1.807) is 12.1 Å². The average molecular weight is 410 g/mol. The van der Waals surface area contributed by atoms with Crippen molar-refractivity contribution in [2.75, 3.05) is 26.4 Å². The molecule has 1 rings (SSSR count). The van der Waals surface area contributed by atoms with Crippen molar-refractivity contribution in [3.63, 3.8) is 0 Å². The van der Waals surface area contributed by atoms with Gasteiger partial charge in [0.25, 0.3) is 5.91 Å². The standard InChI is InChI=1S/C22H35NO6/c1-4-12-27-18-15-17(22(26)23-11-9-7-8-10-20(24)25)16-19(28-13-5-2)21(18)29-14-6-3/h15-16H,4-14H2,1-3H3,(H,23,26)(H,24,25). The molecule has 0 aliphatic carbocycles. The molecule has 1 aromatic carbocycles. The molecule has 0 aromatic heterocycles. The van der Waals surface area contributed by atoms with Gasteiger partial charge in [-0.3, -0.25) is 9.59 Å². The molecule has 0 saturated heterocycles. The van der Waals surface area contributed by atoms with E-state index in [4.69, 9.17) is 19.3 Å². The molecule has 0 fully saturated rings. The Morgan fingerprint density at radius 1 is 0.862 bits per heavy atom. The lowest BCUT2D eigenvalue weighted by molar-refractivity contribution is -0.137. The third-order valence-corrected chi connectivity index (χ3v) is 4.01. The summed E-state index contributed by atoms with van der Waals surface area (Å²) < 4.78 is 17.5. The lowest BCUT2D eigenvalue weighted by atomic mass is 10.1. The van der Waals surface area contributed by atoms with E-state index in [-0.39, 0.29) is 12.3 Å². The number of rotatable bonds is 16. The molecule has 0 radical (unpaired) electrons. The van der Waals surface area contributed by atoms with Crippen molar-refractivity contribution in [1.82, 2.24) is 5.32 Å². The molecule has 7 nitrogen and oxygen atoms in total. The Morgan fingerprint density at radius 2 is 1.41 bits per heavy atom. The quantitative estimate of drug-likeness (QED) is 0.392. The van der Waals surface area contributed by atoms with Gasteiger partial charge >= 0.3 is 5.97 Å². The lowest BCUT2D eigenvalue weighted by Gasteiger charge is -2.18. The Kier molecular flexibility index (Phi) is 12.3. The first-order valence-corrected chi connectivity index (χ1v) is 10.6. The molecule has 0 atom stereocenters. The van der Waals surface area contributed by atoms with E-state index in [9.17, 15) is 9.59 Å². The molecule has 0 spiro atoms. The number of nitrogens with one attached hydrogen (secondary N) is 1. The third-order valence-electron chi connectivity index (χ3n) is 4.01. The molecule has 0 bridgehead atoms. The van der Waals surface area contributed by atoms with Gasteiger partial charge in [-0.25, -0.2) is 0 Å². The van der Waals surface area contributed by atoms with Gasteiger partial charge in [0.1, 0.15) is 0 Å². The van der Waals surface area contributed by atoms with E-state index < -0.39 is 5.97 Å². The van der Waals surface area contributed by atoms with Crippen LogP contribution in [0, 0.1) is 0 Å². The highest BCUT2D eigenvalue weighted by Crippen LogP contribution is 2.39. The Hall–Kier alpha value is -2.44. The Balaban J connectivity index is 2.87. The van der Waals surface area contributed by atoms with Crippen LogP contribution in [0.15, 0.2) is 12.1 Å². The van der Waals surface area contributed by atoms with Gasteiger partial charge in [0.2, 0.25) is 5.75 Å². The smallest absolute Gasteiger partial charge is 0.303 e. The van der Waals surface area contributed by atoms with E-state index in [1.165, 1.54) is 0 Å². The van der Waals surface area contributed by atoms with Crippen molar-refractivity contribution in [2.45, 2.75) is 65.7 Å². The van der Waals surface area contributed by atoms with Crippen LogP contribution in [0.3, 0.4) is 0 Å². The van der Waals surface area contributed by atoms with Gasteiger partial charge in [-0.15, -0.1) is 0 Å². The summed E-state index contributed by atoms with van der Waals surface area (Å²) in [4.78, 5) is 23.1. The third kappa shape index (κ3) is 9.54. The van der Waals surface area contributed by atoms with E-state index in [0.717, 1.165) is 32.1 Å². The van der Waals surface area contributed by atoms with Crippen LogP contribution < -0.4 is 19.5 Å². The van der Waals surface area contributed by atoms with Gasteiger partial charge in [-0.1, -0.05) is 27.2 Å². The van der Waals surface area contributed by atoms with Crippen LogP contribution in [0.1, 0.15) is 76.1 Å². The first-order chi connectivity index (χ1) is 14.0. The fourth-order valence-electron chi connectivity index (χ4n) is 2.57. The molecule has 1 amide bonds. The topological polar surface area (TPSA) is 94.1 Å². The molecule has 29 heavy (non-hydrogen) atoms. The minimum atomic E-state index is -0.793. The number of unbranched alkanes of at least 4 members (excludes halogenated alkanes) is 2. The number of hydrogen-bond acceptors (Lipinski definition) is 5. The predicted octanol–water partition coefficient (Wildman–Crippen LogP) is 4.43. The Bertz CT molecular complexity index is 603. The van der Waals surface area contributed by atoms with Crippen LogP contribution in [-0.2, 0) is 4.79 Å². The molecular weight excluding hydrogens is 374 g/mol. The summed E-state index contributed by atoms with van der Waals surface area (Å²) in [5, 5.41) is 11.5. The Labute approximate surface area is 173 Å². The highest BCUT2D eigenvalue weighted by molar-refractivity contribution is 5.95. The molecular formula is C22H35NO6. The zero-order valence-corrected chi connectivity index (χ0v) is 17.9. The summed E-state index contributed by atoms with van der Waals surface area (Å²) in [5.41, 5.74) is 0.455. The van der Waals surface area contributed by atoms with E-state index in [2.05, 4.69) is 5.32 Å². The largest absolute Gasteiger partial charge is 0.490 e. The minimum absolute atomic E-state index is 0.156. The van der Waals surface area contributed by atoms with E-state index in [1.807, 2.05) is 20.8 Å². The molecule has 2 N–H and O–H groups in total. The van der Waals surface area contributed by atoms with Crippen molar-refractivity contribution < 1.29 is 28.9 Å².